The molecule has 0 saturated heterocycles. The highest BCUT2D eigenvalue weighted by Gasteiger charge is 2.26. The van der Waals surface area contributed by atoms with E-state index >= 15 is 0 Å². The van der Waals surface area contributed by atoms with Crippen molar-refractivity contribution in [2.24, 2.45) is 0 Å². The molecule has 20 heavy (non-hydrogen) atoms. The molecule has 0 N–H and O–H groups in total. The summed E-state index contributed by atoms with van der Waals surface area (Å²) < 4.78 is 7.99. The quantitative estimate of drug-likeness (QED) is 0.793. The molecule has 0 amide bonds. The van der Waals surface area contributed by atoms with E-state index in [0.717, 1.165) is 35.1 Å². The van der Waals surface area contributed by atoms with Gasteiger partial charge in [-0.2, -0.15) is 0 Å². The fraction of sp³-hybridized carbons (Fsp3) is 0.333. The van der Waals surface area contributed by atoms with Gasteiger partial charge in [0.15, 0.2) is 0 Å². The average molecular weight is 336 g/mol. The van der Waals surface area contributed by atoms with Crippen LogP contribution in [0.5, 0.6) is 0 Å². The third-order valence-electron chi connectivity index (χ3n) is 3.62. The molecule has 0 radical (unpaired) electrons. The Morgan fingerprint density at radius 1 is 1.45 bits per heavy atom. The number of carbonyl (C=O) groups excluding carboxylic acids is 1. The van der Waals surface area contributed by atoms with E-state index in [9.17, 15) is 9.59 Å². The minimum atomic E-state index is -0.509. The maximum atomic E-state index is 12.6. The Morgan fingerprint density at radius 2 is 2.25 bits per heavy atom. The number of halogens is 1. The summed E-state index contributed by atoms with van der Waals surface area (Å²) in [4.78, 5) is 24.7. The molecule has 1 aromatic carbocycles. The molecule has 0 spiro atoms. The van der Waals surface area contributed by atoms with E-state index in [0.29, 0.717) is 5.39 Å². The fourth-order valence-corrected chi connectivity index (χ4v) is 3.41. The van der Waals surface area contributed by atoms with Crippen LogP contribution in [0.2, 0.25) is 0 Å². The number of ether oxygens (including phenoxy) is 1. The Balaban J connectivity index is 2.41. The number of rotatable bonds is 2. The standard InChI is InChI=1S/C15H14BrNO3/c1-2-20-15(19)12-11-7-4-8-17(11)13-9(14(12)18)5-3-6-10(13)16/h3,5-6H,2,4,7-8H2,1H3. The Bertz CT molecular complexity index is 764. The summed E-state index contributed by atoms with van der Waals surface area (Å²) in [6.45, 7) is 2.84. The van der Waals surface area contributed by atoms with Gasteiger partial charge in [0, 0.05) is 22.1 Å². The van der Waals surface area contributed by atoms with Crippen molar-refractivity contribution in [3.63, 3.8) is 0 Å². The topological polar surface area (TPSA) is 48.3 Å². The first kappa shape index (κ1) is 13.4. The Morgan fingerprint density at radius 3 is 3.00 bits per heavy atom. The second kappa shape index (κ2) is 5.05. The number of fused-ring (bicyclic) bond motifs is 3. The highest BCUT2D eigenvalue weighted by Crippen LogP contribution is 2.28. The van der Waals surface area contributed by atoms with E-state index in [1.807, 2.05) is 12.1 Å². The first-order chi connectivity index (χ1) is 9.65. The van der Waals surface area contributed by atoms with Crippen molar-refractivity contribution in [3.8, 4) is 0 Å². The predicted octanol–water partition coefficient (Wildman–Crippen LogP) is 2.89. The summed E-state index contributed by atoms with van der Waals surface area (Å²) in [6, 6.07) is 5.48. The summed E-state index contributed by atoms with van der Waals surface area (Å²) in [5.41, 5.74) is 1.65. The number of pyridine rings is 1. The van der Waals surface area contributed by atoms with Crippen molar-refractivity contribution in [1.82, 2.24) is 4.57 Å². The minimum Gasteiger partial charge on any atom is -0.462 e. The van der Waals surface area contributed by atoms with Crippen molar-refractivity contribution < 1.29 is 9.53 Å². The Kier molecular flexibility index (Phi) is 3.38. The van der Waals surface area contributed by atoms with Gasteiger partial charge in [0.2, 0.25) is 5.43 Å². The third kappa shape index (κ3) is 1.88. The van der Waals surface area contributed by atoms with Crippen molar-refractivity contribution in [1.29, 1.82) is 0 Å². The molecule has 0 aliphatic carbocycles. The van der Waals surface area contributed by atoms with Gasteiger partial charge >= 0.3 is 5.97 Å². The summed E-state index contributed by atoms with van der Waals surface area (Å²) in [7, 11) is 0. The molecule has 0 bridgehead atoms. The number of carbonyl (C=O) groups is 1. The summed E-state index contributed by atoms with van der Waals surface area (Å²) in [5, 5.41) is 0.563. The molecule has 104 valence electrons. The average Bonchev–Trinajstić information content (AvgIpc) is 2.88. The lowest BCUT2D eigenvalue weighted by atomic mass is 10.1. The van der Waals surface area contributed by atoms with Crippen molar-refractivity contribution in [2.75, 3.05) is 6.61 Å². The third-order valence-corrected chi connectivity index (χ3v) is 4.26. The van der Waals surface area contributed by atoms with Gasteiger partial charge in [0.05, 0.1) is 12.1 Å². The van der Waals surface area contributed by atoms with Crippen LogP contribution in [-0.4, -0.2) is 17.1 Å². The predicted molar refractivity (Wildman–Crippen MR) is 80.2 cm³/mol. The second-order valence-corrected chi connectivity index (χ2v) is 5.62. The molecule has 1 aromatic heterocycles. The number of nitrogens with zero attached hydrogens (tertiary/aromatic N) is 1. The van der Waals surface area contributed by atoms with Gasteiger partial charge in [-0.25, -0.2) is 4.79 Å². The van der Waals surface area contributed by atoms with Crippen LogP contribution in [0, 0.1) is 0 Å². The second-order valence-electron chi connectivity index (χ2n) is 4.76. The van der Waals surface area contributed by atoms with Crippen LogP contribution < -0.4 is 5.43 Å². The first-order valence-electron chi connectivity index (χ1n) is 6.66. The zero-order valence-corrected chi connectivity index (χ0v) is 12.7. The van der Waals surface area contributed by atoms with Crippen LogP contribution in [-0.2, 0) is 17.7 Å². The van der Waals surface area contributed by atoms with Crippen molar-refractivity contribution >= 4 is 32.8 Å². The molecule has 0 atom stereocenters. The molecule has 5 heteroatoms. The van der Waals surface area contributed by atoms with Gasteiger partial charge in [-0.05, 0) is 47.8 Å². The van der Waals surface area contributed by atoms with E-state index < -0.39 is 5.97 Å². The van der Waals surface area contributed by atoms with Crippen LogP contribution in [0.25, 0.3) is 10.9 Å². The number of aromatic nitrogens is 1. The normalized spacial score (nSPS) is 13.5. The van der Waals surface area contributed by atoms with Crippen LogP contribution in [0.3, 0.4) is 0 Å². The number of esters is 1. The zero-order valence-electron chi connectivity index (χ0n) is 11.1. The largest absolute Gasteiger partial charge is 0.462 e. The van der Waals surface area contributed by atoms with Crippen molar-refractivity contribution in [3.05, 3.63) is 44.2 Å². The maximum absolute atomic E-state index is 12.6. The first-order valence-corrected chi connectivity index (χ1v) is 7.45. The lowest BCUT2D eigenvalue weighted by Gasteiger charge is -2.14. The molecule has 2 heterocycles. The molecule has 0 saturated carbocycles. The lowest BCUT2D eigenvalue weighted by molar-refractivity contribution is 0.0523. The van der Waals surface area contributed by atoms with Crippen LogP contribution in [0.15, 0.2) is 27.5 Å². The van der Waals surface area contributed by atoms with E-state index in [2.05, 4.69) is 20.5 Å². The highest BCUT2D eigenvalue weighted by atomic mass is 79.9. The summed E-state index contributed by atoms with van der Waals surface area (Å²) >= 11 is 3.50. The zero-order chi connectivity index (χ0) is 14.3. The minimum absolute atomic E-state index is 0.204. The van der Waals surface area contributed by atoms with Crippen LogP contribution in [0.1, 0.15) is 29.4 Å². The van der Waals surface area contributed by atoms with Gasteiger partial charge < -0.3 is 9.30 Å². The van der Waals surface area contributed by atoms with E-state index in [4.69, 9.17) is 4.74 Å². The van der Waals surface area contributed by atoms with Gasteiger partial charge in [0.1, 0.15) is 5.56 Å². The van der Waals surface area contributed by atoms with Gasteiger partial charge in [-0.3, -0.25) is 4.79 Å². The van der Waals surface area contributed by atoms with Crippen LogP contribution in [0.4, 0.5) is 0 Å². The lowest BCUT2D eigenvalue weighted by Crippen LogP contribution is -2.23. The maximum Gasteiger partial charge on any atom is 0.343 e. The molecule has 4 nitrogen and oxygen atoms in total. The number of aryl methyl sites for hydroxylation is 1. The number of benzene rings is 1. The SMILES string of the molecule is CCOC(=O)c1c2n(c3c(Br)cccc3c1=O)CCC2. The summed E-state index contributed by atoms with van der Waals surface area (Å²) in [5.74, 6) is -0.509. The van der Waals surface area contributed by atoms with Gasteiger partial charge in [-0.1, -0.05) is 6.07 Å². The number of hydrogen-bond acceptors (Lipinski definition) is 3. The molecule has 0 unspecified atom stereocenters. The van der Waals surface area contributed by atoms with Gasteiger partial charge in [-0.15, -0.1) is 0 Å². The Hall–Kier alpha value is -1.62. The van der Waals surface area contributed by atoms with Crippen LogP contribution >= 0.6 is 15.9 Å². The molecule has 1 aliphatic rings. The van der Waals surface area contributed by atoms with E-state index in [1.54, 1.807) is 13.0 Å². The molecule has 2 aromatic rings. The molecule has 1 aliphatic heterocycles. The molecule has 3 rings (SSSR count). The van der Waals surface area contributed by atoms with Crippen molar-refractivity contribution in [2.45, 2.75) is 26.3 Å². The van der Waals surface area contributed by atoms with E-state index in [1.165, 1.54) is 0 Å². The molecular formula is C15H14BrNO3. The highest BCUT2D eigenvalue weighted by molar-refractivity contribution is 9.10. The fourth-order valence-electron chi connectivity index (χ4n) is 2.83. The molecule has 0 fully saturated rings. The summed E-state index contributed by atoms with van der Waals surface area (Å²) in [6.07, 6.45) is 1.67. The van der Waals surface area contributed by atoms with Gasteiger partial charge in [0.25, 0.3) is 0 Å². The van der Waals surface area contributed by atoms with E-state index in [-0.39, 0.29) is 17.6 Å². The smallest absolute Gasteiger partial charge is 0.343 e. The number of para-hydroxylation sites is 1. The monoisotopic (exact) mass is 335 g/mol. The Labute approximate surface area is 124 Å². The molecular weight excluding hydrogens is 322 g/mol. The number of hydrogen-bond donors (Lipinski definition) is 0.